The van der Waals surface area contributed by atoms with Crippen LogP contribution in [0.4, 0.5) is 5.82 Å². The van der Waals surface area contributed by atoms with E-state index in [1.54, 1.807) is 0 Å². The molecule has 2 saturated heterocycles. The quantitative estimate of drug-likeness (QED) is 0.851. The van der Waals surface area contributed by atoms with Gasteiger partial charge in [-0.2, -0.15) is 5.10 Å². The standard InChI is InChI=1S/C21H32N6O/c1-15-14-20(27(24-15)16-9-12-25(2)13-10-16)23-21(28)19-8-7-18(26(19)3)17-6-4-5-11-22-17/h7-8,14,16-17,22H,4-6,9-13H2,1-3H3,(H,23,28). The van der Waals surface area contributed by atoms with Crippen molar-refractivity contribution in [3.8, 4) is 0 Å². The summed E-state index contributed by atoms with van der Waals surface area (Å²) >= 11 is 0. The number of piperidine rings is 2. The molecule has 2 aliphatic heterocycles. The van der Waals surface area contributed by atoms with Crippen molar-refractivity contribution in [1.29, 1.82) is 0 Å². The number of aryl methyl sites for hydroxylation is 1. The molecule has 1 amide bonds. The van der Waals surface area contributed by atoms with E-state index in [4.69, 9.17) is 0 Å². The highest BCUT2D eigenvalue weighted by atomic mass is 16.2. The monoisotopic (exact) mass is 384 g/mol. The van der Waals surface area contributed by atoms with Crippen molar-refractivity contribution < 1.29 is 4.79 Å². The highest BCUT2D eigenvalue weighted by Gasteiger charge is 2.24. The van der Waals surface area contributed by atoms with Gasteiger partial charge < -0.3 is 20.1 Å². The first-order valence-corrected chi connectivity index (χ1v) is 10.5. The van der Waals surface area contributed by atoms with Crippen LogP contribution in [0.5, 0.6) is 0 Å². The van der Waals surface area contributed by atoms with E-state index in [0.717, 1.165) is 50.4 Å². The van der Waals surface area contributed by atoms with Gasteiger partial charge in [-0.15, -0.1) is 0 Å². The third-order valence-corrected chi connectivity index (χ3v) is 6.19. The molecule has 1 unspecified atom stereocenters. The molecule has 2 aromatic heterocycles. The first-order chi connectivity index (χ1) is 13.5. The molecule has 2 aromatic rings. The third kappa shape index (κ3) is 3.86. The first-order valence-electron chi connectivity index (χ1n) is 10.5. The molecular weight excluding hydrogens is 352 g/mol. The van der Waals surface area contributed by atoms with Gasteiger partial charge in [0.1, 0.15) is 11.5 Å². The number of carbonyl (C=O) groups excluding carboxylic acids is 1. The van der Waals surface area contributed by atoms with Crippen LogP contribution in [0.2, 0.25) is 0 Å². The Morgan fingerprint density at radius 3 is 2.68 bits per heavy atom. The molecule has 1 atom stereocenters. The van der Waals surface area contributed by atoms with Crippen LogP contribution in [0.15, 0.2) is 18.2 Å². The van der Waals surface area contributed by atoms with Crippen LogP contribution in [0.3, 0.4) is 0 Å². The van der Waals surface area contributed by atoms with Crippen LogP contribution < -0.4 is 10.6 Å². The van der Waals surface area contributed by atoms with E-state index >= 15 is 0 Å². The van der Waals surface area contributed by atoms with E-state index < -0.39 is 0 Å². The minimum absolute atomic E-state index is 0.0707. The maximum atomic E-state index is 13.0. The maximum absolute atomic E-state index is 13.0. The van der Waals surface area contributed by atoms with Gasteiger partial charge in [-0.25, -0.2) is 4.68 Å². The van der Waals surface area contributed by atoms with Crippen LogP contribution in [-0.4, -0.2) is 51.8 Å². The summed E-state index contributed by atoms with van der Waals surface area (Å²) in [6.07, 6.45) is 5.71. The predicted octanol–water partition coefficient (Wildman–Crippen LogP) is 2.86. The van der Waals surface area contributed by atoms with Gasteiger partial charge in [0.05, 0.1) is 11.7 Å². The molecule has 2 fully saturated rings. The van der Waals surface area contributed by atoms with Crippen LogP contribution in [0.25, 0.3) is 0 Å². The summed E-state index contributed by atoms with van der Waals surface area (Å²) in [4.78, 5) is 15.4. The zero-order valence-electron chi connectivity index (χ0n) is 17.2. The number of hydrogen-bond donors (Lipinski definition) is 2. The normalized spacial score (nSPS) is 21.8. The maximum Gasteiger partial charge on any atom is 0.273 e. The molecule has 7 nitrogen and oxygen atoms in total. The van der Waals surface area contributed by atoms with Crippen molar-refractivity contribution in [1.82, 2.24) is 24.6 Å². The Balaban J connectivity index is 1.51. The average molecular weight is 385 g/mol. The van der Waals surface area contributed by atoms with Gasteiger partial charge >= 0.3 is 0 Å². The molecule has 28 heavy (non-hydrogen) atoms. The largest absolute Gasteiger partial charge is 0.342 e. The summed E-state index contributed by atoms with van der Waals surface area (Å²) in [5.41, 5.74) is 2.81. The van der Waals surface area contributed by atoms with Gasteiger partial charge in [-0.3, -0.25) is 4.79 Å². The molecule has 152 valence electrons. The SMILES string of the molecule is Cc1cc(NC(=O)c2ccc(C3CCCCN3)n2C)n(C2CCN(C)CC2)n1. The Morgan fingerprint density at radius 2 is 1.96 bits per heavy atom. The fraction of sp³-hybridized carbons (Fsp3) is 0.619. The van der Waals surface area contributed by atoms with E-state index in [2.05, 4.69) is 33.7 Å². The Hall–Kier alpha value is -2.12. The van der Waals surface area contributed by atoms with Crippen molar-refractivity contribution in [2.24, 2.45) is 7.05 Å². The molecule has 4 rings (SSSR count). The summed E-state index contributed by atoms with van der Waals surface area (Å²) in [5.74, 6) is 0.731. The van der Waals surface area contributed by atoms with Gasteiger partial charge in [0.15, 0.2) is 0 Å². The summed E-state index contributed by atoms with van der Waals surface area (Å²) in [6.45, 7) is 5.15. The summed E-state index contributed by atoms with van der Waals surface area (Å²) in [6, 6.07) is 6.67. The number of anilines is 1. The molecular formula is C21H32N6O. The number of aromatic nitrogens is 3. The lowest BCUT2D eigenvalue weighted by atomic mass is 10.0. The minimum atomic E-state index is -0.0707. The van der Waals surface area contributed by atoms with Crippen molar-refractivity contribution in [3.63, 3.8) is 0 Å². The smallest absolute Gasteiger partial charge is 0.273 e. The van der Waals surface area contributed by atoms with Crippen LogP contribution in [0.1, 0.15) is 66.1 Å². The lowest BCUT2D eigenvalue weighted by molar-refractivity contribution is 0.101. The van der Waals surface area contributed by atoms with Gasteiger partial charge in [-0.05, 0) is 71.4 Å². The average Bonchev–Trinajstić information content (AvgIpc) is 3.25. The number of amides is 1. The highest BCUT2D eigenvalue weighted by Crippen LogP contribution is 2.27. The number of nitrogens with one attached hydrogen (secondary N) is 2. The molecule has 0 saturated carbocycles. The topological polar surface area (TPSA) is 67.1 Å². The molecule has 0 aromatic carbocycles. The van der Waals surface area contributed by atoms with Crippen LogP contribution in [0, 0.1) is 6.92 Å². The number of carbonyl (C=O) groups is 1. The van der Waals surface area contributed by atoms with Gasteiger partial charge in [-0.1, -0.05) is 6.42 Å². The molecule has 0 bridgehead atoms. The van der Waals surface area contributed by atoms with Crippen LogP contribution >= 0.6 is 0 Å². The third-order valence-electron chi connectivity index (χ3n) is 6.19. The summed E-state index contributed by atoms with van der Waals surface area (Å²) in [7, 11) is 4.14. The Morgan fingerprint density at radius 1 is 1.18 bits per heavy atom. The summed E-state index contributed by atoms with van der Waals surface area (Å²) in [5, 5.41) is 11.4. The lowest BCUT2D eigenvalue weighted by Gasteiger charge is -2.30. The van der Waals surface area contributed by atoms with Gasteiger partial charge in [0.2, 0.25) is 0 Å². The van der Waals surface area contributed by atoms with E-state index in [9.17, 15) is 4.79 Å². The minimum Gasteiger partial charge on any atom is -0.342 e. The predicted molar refractivity (Wildman–Crippen MR) is 111 cm³/mol. The molecule has 4 heterocycles. The second kappa shape index (κ2) is 8.09. The van der Waals surface area contributed by atoms with E-state index in [1.807, 2.05) is 35.4 Å². The van der Waals surface area contributed by atoms with Gasteiger partial charge in [0, 0.05) is 24.8 Å². The van der Waals surface area contributed by atoms with Crippen LogP contribution in [-0.2, 0) is 7.05 Å². The van der Waals surface area contributed by atoms with Crippen molar-refractivity contribution in [2.75, 3.05) is 32.0 Å². The molecule has 0 aliphatic carbocycles. The van der Waals surface area contributed by atoms with Crippen molar-refractivity contribution in [3.05, 3.63) is 35.3 Å². The fourth-order valence-electron chi connectivity index (χ4n) is 4.52. The zero-order chi connectivity index (χ0) is 19.7. The van der Waals surface area contributed by atoms with E-state index in [1.165, 1.54) is 18.5 Å². The second-order valence-corrected chi connectivity index (χ2v) is 8.31. The highest BCUT2D eigenvalue weighted by molar-refractivity contribution is 6.02. The van der Waals surface area contributed by atoms with Gasteiger partial charge in [0.25, 0.3) is 5.91 Å². The summed E-state index contributed by atoms with van der Waals surface area (Å²) < 4.78 is 4.05. The number of hydrogen-bond acceptors (Lipinski definition) is 4. The lowest BCUT2D eigenvalue weighted by Crippen LogP contribution is -2.32. The molecule has 2 N–H and O–H groups in total. The zero-order valence-corrected chi connectivity index (χ0v) is 17.2. The molecule has 0 spiro atoms. The Labute approximate surface area is 167 Å². The Kier molecular flexibility index (Phi) is 5.55. The Bertz CT molecular complexity index is 824. The molecule has 2 aliphatic rings. The number of rotatable bonds is 4. The molecule has 7 heteroatoms. The van der Waals surface area contributed by atoms with Crippen molar-refractivity contribution >= 4 is 11.7 Å². The van der Waals surface area contributed by atoms with Crippen molar-refractivity contribution in [2.45, 2.75) is 51.1 Å². The van der Waals surface area contributed by atoms with E-state index in [-0.39, 0.29) is 5.91 Å². The fourth-order valence-corrected chi connectivity index (χ4v) is 4.52. The number of nitrogens with zero attached hydrogens (tertiary/aromatic N) is 4. The first kappa shape index (κ1) is 19.2. The van der Waals surface area contributed by atoms with E-state index in [0.29, 0.717) is 17.8 Å². The molecule has 0 radical (unpaired) electrons. The number of likely N-dealkylation sites (tertiary alicyclic amines) is 1. The second-order valence-electron chi connectivity index (χ2n) is 8.31.